The van der Waals surface area contributed by atoms with Crippen molar-refractivity contribution in [2.75, 3.05) is 20.1 Å². The largest absolute Gasteiger partial charge is 0.405 e. The van der Waals surface area contributed by atoms with Crippen molar-refractivity contribution in [2.45, 2.75) is 31.5 Å². The number of carbonyl (C=O) groups is 2. The Morgan fingerprint density at radius 1 is 1.37 bits per heavy atom. The van der Waals surface area contributed by atoms with E-state index in [-0.39, 0.29) is 5.92 Å². The predicted octanol–water partition coefficient (Wildman–Crippen LogP) is 0.251. The Bertz CT molecular complexity index is 365. The van der Waals surface area contributed by atoms with Gasteiger partial charge in [0, 0.05) is 7.05 Å². The van der Waals surface area contributed by atoms with Crippen LogP contribution >= 0.6 is 0 Å². The standard InChI is InChI=1S/C11H18F3N3O2/c1-10(15,7-3-4-7)9(19)17(2)5-8(18)16-6-11(12,13)14/h7H,3-6,15H2,1-2H3,(H,16,18). The van der Waals surface area contributed by atoms with Crippen LogP contribution in [0.2, 0.25) is 0 Å². The zero-order valence-electron chi connectivity index (χ0n) is 10.9. The van der Waals surface area contributed by atoms with E-state index in [4.69, 9.17) is 5.73 Å². The van der Waals surface area contributed by atoms with Crippen LogP contribution in [0.4, 0.5) is 13.2 Å². The lowest BCUT2D eigenvalue weighted by Crippen LogP contribution is -2.55. The predicted molar refractivity (Wildman–Crippen MR) is 62.0 cm³/mol. The number of hydrogen-bond donors (Lipinski definition) is 2. The van der Waals surface area contributed by atoms with Crippen molar-refractivity contribution in [1.29, 1.82) is 0 Å². The van der Waals surface area contributed by atoms with Gasteiger partial charge < -0.3 is 16.0 Å². The van der Waals surface area contributed by atoms with E-state index in [1.54, 1.807) is 12.2 Å². The maximum atomic E-state index is 12.0. The molecule has 3 N–H and O–H groups in total. The highest BCUT2D eigenvalue weighted by molar-refractivity contribution is 5.90. The number of nitrogens with zero attached hydrogens (tertiary/aromatic N) is 1. The quantitative estimate of drug-likeness (QED) is 0.758. The molecule has 0 aromatic heterocycles. The first-order valence-corrected chi connectivity index (χ1v) is 5.92. The number of rotatable bonds is 5. The highest BCUT2D eigenvalue weighted by atomic mass is 19.4. The number of nitrogens with one attached hydrogen (secondary N) is 1. The van der Waals surface area contributed by atoms with E-state index in [0.29, 0.717) is 0 Å². The molecule has 0 saturated heterocycles. The van der Waals surface area contributed by atoms with Crippen molar-refractivity contribution < 1.29 is 22.8 Å². The van der Waals surface area contributed by atoms with Gasteiger partial charge in [-0.3, -0.25) is 9.59 Å². The van der Waals surface area contributed by atoms with Crippen molar-refractivity contribution in [1.82, 2.24) is 10.2 Å². The number of carbonyl (C=O) groups excluding carboxylic acids is 2. The molecule has 1 unspecified atom stereocenters. The van der Waals surface area contributed by atoms with Gasteiger partial charge in [-0.15, -0.1) is 0 Å². The van der Waals surface area contributed by atoms with Crippen molar-refractivity contribution in [3.63, 3.8) is 0 Å². The van der Waals surface area contributed by atoms with Crippen molar-refractivity contribution in [3.05, 3.63) is 0 Å². The van der Waals surface area contributed by atoms with Gasteiger partial charge in [0.15, 0.2) is 0 Å². The Kier molecular flexibility index (Phi) is 4.44. The fraction of sp³-hybridized carbons (Fsp3) is 0.818. The summed E-state index contributed by atoms with van der Waals surface area (Å²) in [7, 11) is 1.35. The van der Waals surface area contributed by atoms with Gasteiger partial charge in [-0.2, -0.15) is 13.2 Å². The number of halogens is 3. The van der Waals surface area contributed by atoms with Crippen LogP contribution in [0.15, 0.2) is 0 Å². The van der Waals surface area contributed by atoms with Gasteiger partial charge in [-0.25, -0.2) is 0 Å². The highest BCUT2D eigenvalue weighted by Crippen LogP contribution is 2.38. The summed E-state index contributed by atoms with van der Waals surface area (Å²) in [6.45, 7) is -0.262. The lowest BCUT2D eigenvalue weighted by atomic mass is 9.95. The Hall–Kier alpha value is -1.31. The molecule has 0 heterocycles. The molecule has 8 heteroatoms. The fourth-order valence-corrected chi connectivity index (χ4v) is 1.81. The summed E-state index contributed by atoms with van der Waals surface area (Å²) in [5.74, 6) is -1.21. The van der Waals surface area contributed by atoms with Crippen LogP contribution in [-0.4, -0.2) is 48.6 Å². The summed E-state index contributed by atoms with van der Waals surface area (Å²) < 4.78 is 35.7. The van der Waals surface area contributed by atoms with Crippen molar-refractivity contribution in [3.8, 4) is 0 Å². The van der Waals surface area contributed by atoms with E-state index in [1.165, 1.54) is 7.05 Å². The molecule has 1 aliphatic carbocycles. The molecule has 0 aromatic rings. The second-order valence-corrected chi connectivity index (χ2v) is 5.11. The van der Waals surface area contributed by atoms with Crippen LogP contribution in [0.1, 0.15) is 19.8 Å². The molecule has 1 rings (SSSR count). The van der Waals surface area contributed by atoms with Gasteiger partial charge in [-0.05, 0) is 25.7 Å². The molecule has 5 nitrogen and oxygen atoms in total. The minimum Gasteiger partial charge on any atom is -0.345 e. The van der Waals surface area contributed by atoms with E-state index >= 15 is 0 Å². The first-order valence-electron chi connectivity index (χ1n) is 5.92. The Morgan fingerprint density at radius 3 is 2.32 bits per heavy atom. The molecule has 1 saturated carbocycles. The molecule has 110 valence electrons. The Balaban J connectivity index is 2.43. The van der Waals surface area contributed by atoms with Gasteiger partial charge in [0.25, 0.3) is 0 Å². The highest BCUT2D eigenvalue weighted by Gasteiger charge is 2.45. The summed E-state index contributed by atoms with van der Waals surface area (Å²) in [6.07, 6.45) is -2.76. The van der Waals surface area contributed by atoms with E-state index < -0.39 is 36.6 Å². The summed E-state index contributed by atoms with van der Waals surface area (Å²) in [4.78, 5) is 24.3. The molecule has 1 aliphatic rings. The van der Waals surface area contributed by atoms with Gasteiger partial charge >= 0.3 is 6.18 Å². The van der Waals surface area contributed by atoms with E-state index in [0.717, 1.165) is 17.7 Å². The van der Waals surface area contributed by atoms with Crippen LogP contribution in [0.25, 0.3) is 0 Å². The minimum absolute atomic E-state index is 0.0840. The lowest BCUT2D eigenvalue weighted by Gasteiger charge is -2.28. The molecule has 0 bridgehead atoms. The van der Waals surface area contributed by atoms with Crippen LogP contribution in [0, 0.1) is 5.92 Å². The number of hydrogen-bond acceptors (Lipinski definition) is 3. The van der Waals surface area contributed by atoms with E-state index in [1.807, 2.05) is 0 Å². The molecule has 0 aliphatic heterocycles. The average molecular weight is 281 g/mol. The molecule has 0 aromatic carbocycles. The van der Waals surface area contributed by atoms with Gasteiger partial charge in [0.05, 0.1) is 12.1 Å². The summed E-state index contributed by atoms with van der Waals surface area (Å²) >= 11 is 0. The molecular formula is C11H18F3N3O2. The third kappa shape index (κ3) is 4.70. The molecule has 19 heavy (non-hydrogen) atoms. The number of amides is 2. The molecule has 1 fully saturated rings. The molecule has 0 radical (unpaired) electrons. The minimum atomic E-state index is -4.46. The first kappa shape index (κ1) is 15.7. The second-order valence-electron chi connectivity index (χ2n) is 5.11. The number of likely N-dealkylation sites (N-methyl/N-ethyl adjacent to an activating group) is 1. The molecule has 2 amide bonds. The Morgan fingerprint density at radius 2 is 1.89 bits per heavy atom. The maximum absolute atomic E-state index is 12.0. The second kappa shape index (κ2) is 5.36. The number of alkyl halides is 3. The van der Waals surface area contributed by atoms with Gasteiger partial charge in [0.2, 0.25) is 11.8 Å². The van der Waals surface area contributed by atoms with Crippen LogP contribution in [-0.2, 0) is 9.59 Å². The Labute approximate surface area is 109 Å². The zero-order valence-corrected chi connectivity index (χ0v) is 10.9. The van der Waals surface area contributed by atoms with Crippen LogP contribution in [0.5, 0.6) is 0 Å². The monoisotopic (exact) mass is 281 g/mol. The van der Waals surface area contributed by atoms with Crippen LogP contribution < -0.4 is 11.1 Å². The zero-order chi connectivity index (χ0) is 14.8. The summed E-state index contributed by atoms with van der Waals surface area (Å²) in [5.41, 5.74) is 4.83. The molecule has 1 atom stereocenters. The van der Waals surface area contributed by atoms with Crippen molar-refractivity contribution >= 4 is 11.8 Å². The smallest absolute Gasteiger partial charge is 0.345 e. The molecule has 0 spiro atoms. The fourth-order valence-electron chi connectivity index (χ4n) is 1.81. The van der Waals surface area contributed by atoms with E-state index in [2.05, 4.69) is 0 Å². The van der Waals surface area contributed by atoms with Crippen molar-refractivity contribution in [2.24, 2.45) is 11.7 Å². The van der Waals surface area contributed by atoms with E-state index in [9.17, 15) is 22.8 Å². The van der Waals surface area contributed by atoms with Crippen LogP contribution in [0.3, 0.4) is 0 Å². The third-order valence-electron chi connectivity index (χ3n) is 3.10. The van der Waals surface area contributed by atoms with Gasteiger partial charge in [-0.1, -0.05) is 0 Å². The third-order valence-corrected chi connectivity index (χ3v) is 3.10. The average Bonchev–Trinajstić information content (AvgIpc) is 3.08. The topological polar surface area (TPSA) is 75.4 Å². The lowest BCUT2D eigenvalue weighted by molar-refractivity contribution is -0.143. The maximum Gasteiger partial charge on any atom is 0.405 e. The summed E-state index contributed by atoms with van der Waals surface area (Å²) in [6, 6.07) is 0. The SMILES string of the molecule is CN(CC(=O)NCC(F)(F)F)C(=O)C(C)(N)C1CC1. The first-order chi connectivity index (χ1) is 8.54. The normalized spacial score (nSPS) is 18.6. The number of nitrogens with two attached hydrogens (primary N) is 1. The summed E-state index contributed by atoms with van der Waals surface area (Å²) in [5, 5.41) is 1.71. The molecular weight excluding hydrogens is 263 g/mol. The van der Waals surface area contributed by atoms with Gasteiger partial charge in [0.1, 0.15) is 6.54 Å².